The highest BCUT2D eigenvalue weighted by molar-refractivity contribution is 6.39. The lowest BCUT2D eigenvalue weighted by atomic mass is 9.70. The zero-order valence-corrected chi connectivity index (χ0v) is 7.44. The van der Waals surface area contributed by atoms with Gasteiger partial charge < -0.3 is 5.53 Å². The number of fused-ring (bicyclic) bond motifs is 2. The molecule has 3 aliphatic carbocycles. The molecule has 3 heteroatoms. The molecule has 0 aliphatic heterocycles. The molecular formula is C10H12N2O. The van der Waals surface area contributed by atoms with Crippen molar-refractivity contribution in [2.45, 2.75) is 25.7 Å². The van der Waals surface area contributed by atoms with Crippen LogP contribution in [0.1, 0.15) is 25.7 Å². The van der Waals surface area contributed by atoms with Crippen molar-refractivity contribution in [1.29, 1.82) is 0 Å². The lowest BCUT2D eigenvalue weighted by molar-refractivity contribution is -0.124. The maximum absolute atomic E-state index is 11.8. The van der Waals surface area contributed by atoms with Crippen molar-refractivity contribution in [2.75, 3.05) is 0 Å². The summed E-state index contributed by atoms with van der Waals surface area (Å²) in [5, 5.41) is 0. The van der Waals surface area contributed by atoms with E-state index in [-0.39, 0.29) is 17.6 Å². The van der Waals surface area contributed by atoms with Crippen molar-refractivity contribution in [1.82, 2.24) is 0 Å². The van der Waals surface area contributed by atoms with Gasteiger partial charge in [-0.1, -0.05) is 0 Å². The van der Waals surface area contributed by atoms with Gasteiger partial charge in [0.25, 0.3) is 0 Å². The fourth-order valence-corrected chi connectivity index (χ4v) is 3.62. The molecule has 0 radical (unpaired) electrons. The van der Waals surface area contributed by atoms with Crippen LogP contribution < -0.4 is 0 Å². The Morgan fingerprint density at radius 3 is 2.85 bits per heavy atom. The van der Waals surface area contributed by atoms with E-state index >= 15 is 0 Å². The lowest BCUT2D eigenvalue weighted by Crippen LogP contribution is -2.39. The zero-order chi connectivity index (χ0) is 9.00. The number of hydrogen-bond acceptors (Lipinski definition) is 1. The summed E-state index contributed by atoms with van der Waals surface area (Å²) in [7, 11) is 0. The number of Topliss-reactive ketones (excluding diaryl/α,β-unsaturated/α-hetero) is 1. The molecule has 3 bridgehead atoms. The molecule has 13 heavy (non-hydrogen) atoms. The third-order valence-corrected chi connectivity index (χ3v) is 4.08. The van der Waals surface area contributed by atoms with Crippen LogP contribution in [0.2, 0.25) is 0 Å². The van der Waals surface area contributed by atoms with E-state index in [0.717, 1.165) is 25.2 Å². The predicted molar refractivity (Wildman–Crippen MR) is 46.1 cm³/mol. The van der Waals surface area contributed by atoms with Crippen molar-refractivity contribution in [3.63, 3.8) is 0 Å². The minimum absolute atomic E-state index is 0.142. The number of rotatable bonds is 0. The minimum atomic E-state index is 0.142. The molecule has 0 saturated heterocycles. The first-order chi connectivity index (χ1) is 6.29. The normalized spacial score (nSPS) is 46.8. The van der Waals surface area contributed by atoms with Gasteiger partial charge in [-0.05, 0) is 37.5 Å². The van der Waals surface area contributed by atoms with E-state index in [0.29, 0.717) is 11.6 Å². The molecule has 3 nitrogen and oxygen atoms in total. The van der Waals surface area contributed by atoms with Gasteiger partial charge in [-0.3, -0.25) is 4.79 Å². The average Bonchev–Trinajstić information content (AvgIpc) is 2.36. The lowest BCUT2D eigenvalue weighted by Gasteiger charge is -2.29. The fraction of sp³-hybridized carbons (Fsp3) is 0.800. The Bertz CT molecular complexity index is 328. The summed E-state index contributed by atoms with van der Waals surface area (Å²) >= 11 is 0. The maximum atomic E-state index is 11.8. The van der Waals surface area contributed by atoms with E-state index in [1.165, 1.54) is 6.42 Å². The first kappa shape index (κ1) is 7.45. The van der Waals surface area contributed by atoms with Crippen molar-refractivity contribution in [3.8, 4) is 0 Å². The molecule has 0 aromatic heterocycles. The maximum Gasteiger partial charge on any atom is 0.337 e. The van der Waals surface area contributed by atoms with E-state index in [9.17, 15) is 4.79 Å². The van der Waals surface area contributed by atoms with Crippen LogP contribution in [0.5, 0.6) is 0 Å². The third kappa shape index (κ3) is 0.829. The van der Waals surface area contributed by atoms with E-state index in [1.807, 2.05) is 0 Å². The molecule has 68 valence electrons. The molecule has 0 N–H and O–H groups in total. The van der Waals surface area contributed by atoms with Crippen LogP contribution in [0.4, 0.5) is 0 Å². The van der Waals surface area contributed by atoms with E-state index in [1.54, 1.807) is 0 Å². The van der Waals surface area contributed by atoms with Gasteiger partial charge in [0.2, 0.25) is 5.78 Å². The monoisotopic (exact) mass is 176 g/mol. The molecule has 3 saturated carbocycles. The summed E-state index contributed by atoms with van der Waals surface area (Å²) in [6, 6.07) is 0. The molecular weight excluding hydrogens is 164 g/mol. The van der Waals surface area contributed by atoms with E-state index in [4.69, 9.17) is 5.53 Å². The SMILES string of the molecule is [N-]=[N+]=C1C(=O)[C@@H]2C[C@H]3C[C@H]1C[C@H]2C3. The zero-order valence-electron chi connectivity index (χ0n) is 7.44. The van der Waals surface area contributed by atoms with Gasteiger partial charge in [0.1, 0.15) is 0 Å². The van der Waals surface area contributed by atoms with Gasteiger partial charge in [-0.2, -0.15) is 4.79 Å². The second kappa shape index (κ2) is 2.30. The van der Waals surface area contributed by atoms with Gasteiger partial charge in [0.15, 0.2) is 0 Å². The largest absolute Gasteiger partial charge is 0.361 e. The van der Waals surface area contributed by atoms with Crippen LogP contribution in [0.3, 0.4) is 0 Å². The van der Waals surface area contributed by atoms with Crippen LogP contribution in [0, 0.1) is 23.7 Å². The molecule has 3 aliphatic rings. The smallest absolute Gasteiger partial charge is 0.337 e. The van der Waals surface area contributed by atoms with Crippen molar-refractivity contribution < 1.29 is 9.58 Å². The van der Waals surface area contributed by atoms with Crippen LogP contribution in [-0.2, 0) is 4.79 Å². The Kier molecular flexibility index (Phi) is 1.32. The second-order valence-corrected chi connectivity index (χ2v) is 4.72. The molecule has 0 amide bonds. The molecule has 3 rings (SSSR count). The summed E-state index contributed by atoms with van der Waals surface area (Å²) in [4.78, 5) is 15.0. The summed E-state index contributed by atoms with van der Waals surface area (Å²) in [5.41, 5.74) is 9.25. The fourth-order valence-electron chi connectivity index (χ4n) is 3.62. The predicted octanol–water partition coefficient (Wildman–Crippen LogP) is 1.29. The molecule has 0 spiro atoms. The first-order valence-electron chi connectivity index (χ1n) is 5.05. The van der Waals surface area contributed by atoms with Crippen LogP contribution in [0.15, 0.2) is 0 Å². The molecule has 0 aromatic carbocycles. The highest BCUT2D eigenvalue weighted by Gasteiger charge is 2.55. The Balaban J connectivity index is 2.10. The van der Waals surface area contributed by atoms with Gasteiger partial charge >= 0.3 is 5.71 Å². The first-order valence-corrected chi connectivity index (χ1v) is 5.05. The summed E-state index contributed by atoms with van der Waals surface area (Å²) in [6.07, 6.45) is 4.47. The van der Waals surface area contributed by atoms with Gasteiger partial charge in [-0.25, -0.2) is 0 Å². The third-order valence-electron chi connectivity index (χ3n) is 4.08. The van der Waals surface area contributed by atoms with E-state index in [2.05, 4.69) is 4.79 Å². The van der Waals surface area contributed by atoms with Crippen molar-refractivity contribution >= 4 is 11.5 Å². The number of nitrogens with zero attached hydrogens (tertiary/aromatic N) is 2. The van der Waals surface area contributed by atoms with Crippen LogP contribution in [0.25, 0.3) is 5.53 Å². The summed E-state index contributed by atoms with van der Waals surface area (Å²) < 4.78 is 0. The van der Waals surface area contributed by atoms with E-state index < -0.39 is 0 Å². The van der Waals surface area contributed by atoms with Crippen molar-refractivity contribution in [2.24, 2.45) is 23.7 Å². The number of carbonyl (C=O) groups is 1. The Labute approximate surface area is 76.8 Å². The van der Waals surface area contributed by atoms with Crippen molar-refractivity contribution in [3.05, 3.63) is 5.53 Å². The molecule has 4 atom stereocenters. The Hall–Kier alpha value is -0.950. The molecule has 0 aromatic rings. The highest BCUT2D eigenvalue weighted by atomic mass is 16.1. The standard InChI is InChI=1S/C10H12N2O/c11-12-9-7-2-5-1-6(4-7)8(3-5)10(9)13/h5-8H,1-4H2/t5-,6-,7+,8-/m1/s1. The highest BCUT2D eigenvalue weighted by Crippen LogP contribution is 2.52. The number of ketones is 1. The van der Waals surface area contributed by atoms with Gasteiger partial charge in [-0.15, -0.1) is 0 Å². The Morgan fingerprint density at radius 2 is 2.08 bits per heavy atom. The summed E-state index contributed by atoms with van der Waals surface area (Å²) in [6.45, 7) is 0. The van der Waals surface area contributed by atoms with Crippen LogP contribution in [-0.4, -0.2) is 16.3 Å². The van der Waals surface area contributed by atoms with Gasteiger partial charge in [0.05, 0.1) is 5.92 Å². The molecule has 3 fully saturated rings. The van der Waals surface area contributed by atoms with Gasteiger partial charge in [0, 0.05) is 5.92 Å². The average molecular weight is 176 g/mol. The Morgan fingerprint density at radius 1 is 1.23 bits per heavy atom. The number of carbonyl (C=O) groups excluding carboxylic acids is 1. The second-order valence-electron chi connectivity index (χ2n) is 4.72. The number of hydrogen-bond donors (Lipinski definition) is 0. The molecule has 0 unspecified atom stereocenters. The van der Waals surface area contributed by atoms with Crippen LogP contribution >= 0.6 is 0 Å². The molecule has 0 heterocycles. The topological polar surface area (TPSA) is 53.5 Å². The quantitative estimate of drug-likeness (QED) is 0.405. The minimum Gasteiger partial charge on any atom is -0.361 e. The summed E-state index contributed by atoms with van der Waals surface area (Å²) in [5.74, 6) is 1.97.